The Morgan fingerprint density at radius 3 is 2.09 bits per heavy atom. The topological polar surface area (TPSA) is 118 Å². The van der Waals surface area contributed by atoms with Crippen LogP contribution in [0.5, 0.6) is 0 Å². The second-order valence-electron chi connectivity index (χ2n) is 8.27. The maximum atomic E-state index is 13.7. The Kier molecular flexibility index (Phi) is 6.94. The molecule has 33 heavy (non-hydrogen) atoms. The van der Waals surface area contributed by atoms with Crippen molar-refractivity contribution in [1.29, 1.82) is 0 Å². The van der Waals surface area contributed by atoms with Crippen LogP contribution in [0.2, 0.25) is 0 Å². The van der Waals surface area contributed by atoms with Gasteiger partial charge in [0.2, 0.25) is 11.8 Å². The molecule has 8 nitrogen and oxygen atoms in total. The highest BCUT2D eigenvalue weighted by atomic mass is 32.2. The van der Waals surface area contributed by atoms with Crippen molar-refractivity contribution in [3.05, 3.63) is 59.9 Å². The first-order valence-corrected chi connectivity index (χ1v) is 13.6. The molecule has 0 unspecified atom stereocenters. The number of hydrogen-bond donors (Lipinski definition) is 1. The van der Waals surface area contributed by atoms with Gasteiger partial charge in [0.1, 0.15) is 5.82 Å². The molecule has 1 saturated heterocycles. The van der Waals surface area contributed by atoms with Crippen LogP contribution in [0.25, 0.3) is 0 Å². The number of halogens is 1. The van der Waals surface area contributed by atoms with Gasteiger partial charge in [-0.15, -0.1) is 0 Å². The molecule has 2 aromatic carbocycles. The quantitative estimate of drug-likeness (QED) is 0.653. The molecular formula is C22H25FN2O6S2. The molecule has 178 valence electrons. The van der Waals surface area contributed by atoms with Gasteiger partial charge in [-0.1, -0.05) is 12.1 Å². The van der Waals surface area contributed by atoms with E-state index in [1.807, 2.05) is 0 Å². The van der Waals surface area contributed by atoms with Gasteiger partial charge in [0.05, 0.1) is 15.2 Å². The predicted octanol–water partition coefficient (Wildman–Crippen LogP) is 1.91. The maximum absolute atomic E-state index is 13.7. The number of rotatable bonds is 6. The van der Waals surface area contributed by atoms with E-state index in [0.717, 1.165) is 30.5 Å². The number of sulfone groups is 1. The van der Waals surface area contributed by atoms with Gasteiger partial charge < -0.3 is 4.90 Å². The van der Waals surface area contributed by atoms with E-state index in [0.29, 0.717) is 5.56 Å². The van der Waals surface area contributed by atoms with Crippen LogP contribution in [0, 0.1) is 11.2 Å². The van der Waals surface area contributed by atoms with Crippen molar-refractivity contribution in [3.63, 3.8) is 0 Å². The number of nitrogens with one attached hydrogen (secondary N) is 1. The van der Waals surface area contributed by atoms with Crippen LogP contribution in [0.1, 0.15) is 25.3 Å². The van der Waals surface area contributed by atoms with E-state index in [-0.39, 0.29) is 48.1 Å². The molecule has 0 radical (unpaired) electrons. The Morgan fingerprint density at radius 1 is 1.00 bits per heavy atom. The van der Waals surface area contributed by atoms with E-state index >= 15 is 0 Å². The SMILES string of the molecule is CC(=O)N1CCC(Cc2cccc(F)c2)(C(=O)NS(=O)(=O)c2ccc(S(C)(=O)=O)cc2)CC1. The van der Waals surface area contributed by atoms with Gasteiger partial charge in [0, 0.05) is 26.3 Å². The lowest BCUT2D eigenvalue weighted by atomic mass is 9.73. The van der Waals surface area contributed by atoms with E-state index in [1.165, 1.54) is 25.1 Å². The van der Waals surface area contributed by atoms with Crippen molar-refractivity contribution in [1.82, 2.24) is 9.62 Å². The molecular weight excluding hydrogens is 471 g/mol. The third-order valence-corrected chi connectivity index (χ3v) is 8.34. The summed E-state index contributed by atoms with van der Waals surface area (Å²) in [4.78, 5) is 26.3. The zero-order valence-electron chi connectivity index (χ0n) is 18.2. The molecule has 0 aromatic heterocycles. The molecule has 2 amide bonds. The molecule has 0 saturated carbocycles. The molecule has 0 bridgehead atoms. The van der Waals surface area contributed by atoms with Crippen molar-refractivity contribution in [2.24, 2.45) is 5.41 Å². The van der Waals surface area contributed by atoms with Crippen molar-refractivity contribution in [2.75, 3.05) is 19.3 Å². The van der Waals surface area contributed by atoms with Crippen molar-refractivity contribution >= 4 is 31.7 Å². The summed E-state index contributed by atoms with van der Waals surface area (Å²) < 4.78 is 64.8. The molecule has 3 rings (SSSR count). The summed E-state index contributed by atoms with van der Waals surface area (Å²) in [6.07, 6.45) is 1.52. The third kappa shape index (κ3) is 5.77. The predicted molar refractivity (Wildman–Crippen MR) is 119 cm³/mol. The zero-order valence-corrected chi connectivity index (χ0v) is 19.9. The number of nitrogens with zero attached hydrogens (tertiary/aromatic N) is 1. The number of carbonyl (C=O) groups excluding carboxylic acids is 2. The molecule has 1 aliphatic heterocycles. The summed E-state index contributed by atoms with van der Waals surface area (Å²) >= 11 is 0. The van der Waals surface area contributed by atoms with Crippen molar-refractivity contribution in [3.8, 4) is 0 Å². The standard InChI is InChI=1S/C22H25FN2O6S2/c1-16(26)25-12-10-22(11-13-25,15-17-4-3-5-18(23)14-17)21(27)24-33(30,31)20-8-6-19(7-9-20)32(2,28)29/h3-9,14H,10-13,15H2,1-2H3,(H,24,27). The largest absolute Gasteiger partial charge is 0.343 e. The van der Waals surface area contributed by atoms with Crippen LogP contribution in [-0.2, 0) is 35.9 Å². The molecule has 0 spiro atoms. The number of sulfonamides is 1. The van der Waals surface area contributed by atoms with Crippen LogP contribution in [0.3, 0.4) is 0 Å². The minimum atomic E-state index is -4.29. The summed E-state index contributed by atoms with van der Waals surface area (Å²) in [6.45, 7) is 1.95. The Morgan fingerprint density at radius 2 is 1.58 bits per heavy atom. The number of piperidine rings is 1. The van der Waals surface area contributed by atoms with E-state index < -0.39 is 37.0 Å². The first kappa shape index (κ1) is 24.8. The highest BCUT2D eigenvalue weighted by molar-refractivity contribution is 7.91. The van der Waals surface area contributed by atoms with Gasteiger partial charge in [-0.25, -0.2) is 25.9 Å². The molecule has 1 heterocycles. The molecule has 1 fully saturated rings. The highest BCUT2D eigenvalue weighted by Gasteiger charge is 2.43. The Bertz CT molecular complexity index is 1270. The summed E-state index contributed by atoms with van der Waals surface area (Å²) in [5.41, 5.74) is -0.629. The van der Waals surface area contributed by atoms with Gasteiger partial charge >= 0.3 is 0 Å². The number of hydrogen-bond acceptors (Lipinski definition) is 6. The van der Waals surface area contributed by atoms with E-state index in [2.05, 4.69) is 4.72 Å². The average Bonchev–Trinajstić information content (AvgIpc) is 2.73. The molecule has 1 N–H and O–H groups in total. The van der Waals surface area contributed by atoms with Crippen LogP contribution >= 0.6 is 0 Å². The van der Waals surface area contributed by atoms with Gasteiger partial charge in [0.25, 0.3) is 10.0 Å². The molecule has 2 aromatic rings. The fourth-order valence-electron chi connectivity index (χ4n) is 3.93. The van der Waals surface area contributed by atoms with Gasteiger partial charge in [0.15, 0.2) is 9.84 Å². The molecule has 11 heteroatoms. The van der Waals surface area contributed by atoms with E-state index in [9.17, 15) is 30.8 Å². The third-order valence-electron chi connectivity index (χ3n) is 5.87. The van der Waals surface area contributed by atoms with Crippen LogP contribution in [0.15, 0.2) is 58.3 Å². The first-order chi connectivity index (χ1) is 15.3. The van der Waals surface area contributed by atoms with E-state index in [4.69, 9.17) is 0 Å². The Hall–Kier alpha value is -2.79. The Labute approximate surface area is 192 Å². The van der Waals surface area contributed by atoms with Crippen molar-refractivity contribution in [2.45, 2.75) is 36.0 Å². The lowest BCUT2D eigenvalue weighted by Gasteiger charge is -2.40. The molecule has 0 aliphatic carbocycles. The van der Waals surface area contributed by atoms with Crippen LogP contribution in [-0.4, -0.2) is 52.9 Å². The van der Waals surface area contributed by atoms with Gasteiger partial charge in [-0.3, -0.25) is 9.59 Å². The number of carbonyl (C=O) groups is 2. The maximum Gasteiger partial charge on any atom is 0.264 e. The summed E-state index contributed by atoms with van der Waals surface area (Å²) in [5, 5.41) is 0. The fourth-order valence-corrected chi connectivity index (χ4v) is 5.63. The highest BCUT2D eigenvalue weighted by Crippen LogP contribution is 2.36. The molecule has 1 aliphatic rings. The van der Waals surface area contributed by atoms with Gasteiger partial charge in [-0.05, 0) is 61.2 Å². The summed E-state index contributed by atoms with van der Waals surface area (Å²) in [5.74, 6) is -1.36. The summed E-state index contributed by atoms with van der Waals surface area (Å²) in [6, 6.07) is 10.3. The molecule has 0 atom stereocenters. The van der Waals surface area contributed by atoms with E-state index in [1.54, 1.807) is 11.0 Å². The fraction of sp³-hybridized carbons (Fsp3) is 0.364. The normalized spacial score (nSPS) is 16.3. The smallest absolute Gasteiger partial charge is 0.264 e. The summed E-state index contributed by atoms with van der Waals surface area (Å²) in [7, 11) is -7.80. The number of likely N-dealkylation sites (tertiary alicyclic amines) is 1. The number of benzene rings is 2. The Balaban J connectivity index is 1.88. The zero-order chi connectivity index (χ0) is 24.4. The minimum absolute atomic E-state index is 0.0491. The second-order valence-corrected chi connectivity index (χ2v) is 12.0. The van der Waals surface area contributed by atoms with Crippen LogP contribution < -0.4 is 4.72 Å². The lowest BCUT2D eigenvalue weighted by molar-refractivity contribution is -0.138. The second kappa shape index (κ2) is 9.22. The first-order valence-electron chi connectivity index (χ1n) is 10.2. The van der Waals surface area contributed by atoms with Crippen molar-refractivity contribution < 1.29 is 30.8 Å². The van der Waals surface area contributed by atoms with Gasteiger partial charge in [-0.2, -0.15) is 0 Å². The monoisotopic (exact) mass is 496 g/mol. The minimum Gasteiger partial charge on any atom is -0.343 e. The lowest BCUT2D eigenvalue weighted by Crippen LogP contribution is -2.52. The number of amides is 2. The van der Waals surface area contributed by atoms with Crippen LogP contribution in [0.4, 0.5) is 4.39 Å². The average molecular weight is 497 g/mol.